The number of anilines is 1. The predicted molar refractivity (Wildman–Crippen MR) is 93.2 cm³/mol. The van der Waals surface area contributed by atoms with Crippen molar-refractivity contribution < 1.29 is 14.6 Å². The number of aromatic nitrogens is 2. The van der Waals surface area contributed by atoms with E-state index in [2.05, 4.69) is 15.3 Å². The topological polar surface area (TPSA) is 114 Å². The minimum absolute atomic E-state index is 0.0473. The van der Waals surface area contributed by atoms with Crippen LogP contribution in [0.5, 0.6) is 0 Å². The van der Waals surface area contributed by atoms with E-state index in [-0.39, 0.29) is 23.5 Å². The van der Waals surface area contributed by atoms with E-state index in [1.165, 1.54) is 0 Å². The van der Waals surface area contributed by atoms with Crippen LogP contribution >= 0.6 is 0 Å². The third kappa shape index (κ3) is 3.47. The molecule has 1 amide bonds. The van der Waals surface area contributed by atoms with Crippen LogP contribution in [0.4, 0.5) is 5.95 Å². The minimum Gasteiger partial charge on any atom is -0.392 e. The van der Waals surface area contributed by atoms with Crippen molar-refractivity contribution in [1.82, 2.24) is 14.9 Å². The molecule has 0 unspecified atom stereocenters. The molecule has 2 aliphatic rings. The molecule has 2 fully saturated rings. The Morgan fingerprint density at radius 1 is 1.44 bits per heavy atom. The zero-order valence-electron chi connectivity index (χ0n) is 14.6. The maximum atomic E-state index is 12.6. The van der Waals surface area contributed by atoms with Gasteiger partial charge in [-0.3, -0.25) is 4.79 Å². The molecule has 1 spiro atoms. The number of carbonyl (C=O) groups excluding carboxylic acids is 1. The first-order valence-electron chi connectivity index (χ1n) is 8.95. The summed E-state index contributed by atoms with van der Waals surface area (Å²) >= 11 is 0. The van der Waals surface area contributed by atoms with Crippen LogP contribution in [-0.4, -0.2) is 70.9 Å². The van der Waals surface area contributed by atoms with Crippen molar-refractivity contribution >= 4 is 11.9 Å². The summed E-state index contributed by atoms with van der Waals surface area (Å²) in [6.07, 6.45) is 4.96. The fourth-order valence-electron chi connectivity index (χ4n) is 3.82. The monoisotopic (exact) mass is 349 g/mol. The van der Waals surface area contributed by atoms with Crippen LogP contribution in [0.3, 0.4) is 0 Å². The van der Waals surface area contributed by atoms with Crippen molar-refractivity contribution in [3.63, 3.8) is 0 Å². The number of ether oxygens (including phenoxy) is 1. The molecule has 8 heteroatoms. The lowest BCUT2D eigenvalue weighted by atomic mass is 9.58. The molecular formula is C17H27N5O3. The van der Waals surface area contributed by atoms with Gasteiger partial charge in [0, 0.05) is 50.4 Å². The highest BCUT2D eigenvalue weighted by molar-refractivity contribution is 5.93. The highest BCUT2D eigenvalue weighted by Gasteiger charge is 2.56. The van der Waals surface area contributed by atoms with Crippen LogP contribution in [0.1, 0.15) is 36.5 Å². The van der Waals surface area contributed by atoms with Crippen LogP contribution in [0.2, 0.25) is 0 Å². The molecule has 138 valence electrons. The van der Waals surface area contributed by atoms with Crippen molar-refractivity contribution in [2.45, 2.75) is 38.4 Å². The normalized spacial score (nSPS) is 24.8. The van der Waals surface area contributed by atoms with Gasteiger partial charge in [0.25, 0.3) is 5.91 Å². The van der Waals surface area contributed by atoms with E-state index < -0.39 is 0 Å². The molecule has 1 saturated heterocycles. The molecule has 0 radical (unpaired) electrons. The third-order valence-corrected chi connectivity index (χ3v) is 5.39. The summed E-state index contributed by atoms with van der Waals surface area (Å²) in [6.45, 7) is 4.90. The number of hydrogen-bond donors (Lipinski definition) is 3. The maximum Gasteiger partial charge on any atom is 0.256 e. The van der Waals surface area contributed by atoms with E-state index in [1.54, 1.807) is 12.4 Å². The van der Waals surface area contributed by atoms with Crippen LogP contribution in [0.15, 0.2) is 12.4 Å². The smallest absolute Gasteiger partial charge is 0.256 e. The first-order chi connectivity index (χ1) is 12.1. The Labute approximate surface area is 147 Å². The number of rotatable bonds is 6. The number of nitrogens with two attached hydrogens (primary N) is 1. The number of amides is 1. The van der Waals surface area contributed by atoms with Crippen molar-refractivity contribution in [2.24, 2.45) is 11.1 Å². The zero-order valence-corrected chi connectivity index (χ0v) is 14.6. The summed E-state index contributed by atoms with van der Waals surface area (Å²) in [7, 11) is 0. The molecule has 1 aromatic heterocycles. The Bertz CT molecular complexity index is 586. The average molecular weight is 349 g/mol. The number of likely N-dealkylation sites (tertiary alicyclic amines) is 1. The van der Waals surface area contributed by atoms with Crippen LogP contribution in [0, 0.1) is 5.41 Å². The van der Waals surface area contributed by atoms with Crippen LogP contribution in [0.25, 0.3) is 0 Å². The van der Waals surface area contributed by atoms with Gasteiger partial charge in [0.05, 0.1) is 24.4 Å². The SMILES string of the molecule is CCNc1ncc(C(=O)N2CCC3(CC2)[C@@H](O)C[C@H]3OCCN)cn1. The first kappa shape index (κ1) is 18.0. The van der Waals surface area contributed by atoms with Gasteiger partial charge in [-0.1, -0.05) is 0 Å². The molecule has 0 aromatic carbocycles. The van der Waals surface area contributed by atoms with Gasteiger partial charge < -0.3 is 25.8 Å². The second-order valence-electron chi connectivity index (χ2n) is 6.75. The Morgan fingerprint density at radius 2 is 2.12 bits per heavy atom. The molecule has 25 heavy (non-hydrogen) atoms. The summed E-state index contributed by atoms with van der Waals surface area (Å²) in [4.78, 5) is 22.8. The first-order valence-corrected chi connectivity index (χ1v) is 8.95. The Kier molecular flexibility index (Phi) is 5.51. The van der Waals surface area contributed by atoms with Gasteiger partial charge in [0.2, 0.25) is 5.95 Å². The second kappa shape index (κ2) is 7.63. The number of nitrogens with zero attached hydrogens (tertiary/aromatic N) is 3. The van der Waals surface area contributed by atoms with Crippen molar-refractivity contribution in [3.8, 4) is 0 Å². The quantitative estimate of drug-likeness (QED) is 0.674. The molecule has 1 aliphatic carbocycles. The van der Waals surface area contributed by atoms with E-state index in [0.29, 0.717) is 44.2 Å². The van der Waals surface area contributed by atoms with Gasteiger partial charge >= 0.3 is 0 Å². The molecule has 1 aliphatic heterocycles. The second-order valence-corrected chi connectivity index (χ2v) is 6.75. The average Bonchev–Trinajstić information content (AvgIpc) is 2.65. The fourth-order valence-corrected chi connectivity index (χ4v) is 3.82. The Hall–Kier alpha value is -1.77. The molecule has 8 nitrogen and oxygen atoms in total. The van der Waals surface area contributed by atoms with E-state index in [0.717, 1.165) is 19.4 Å². The summed E-state index contributed by atoms with van der Waals surface area (Å²) in [5.74, 6) is 0.459. The lowest BCUT2D eigenvalue weighted by Crippen LogP contribution is -2.62. The number of nitrogens with one attached hydrogen (secondary N) is 1. The summed E-state index contributed by atoms with van der Waals surface area (Å²) in [6, 6.07) is 0. The standard InChI is InChI=1S/C17H27N5O3/c1-2-19-16-20-10-12(11-21-16)15(24)22-6-3-17(4-7-22)13(23)9-14(17)25-8-5-18/h10-11,13-14,23H,2-9,18H2,1H3,(H,19,20,21)/t13-,14+/m0/s1. The Morgan fingerprint density at radius 3 is 2.68 bits per heavy atom. The van der Waals surface area contributed by atoms with Gasteiger partial charge in [0.1, 0.15) is 0 Å². The van der Waals surface area contributed by atoms with Crippen molar-refractivity contribution in [3.05, 3.63) is 18.0 Å². The maximum absolute atomic E-state index is 12.6. The lowest BCUT2D eigenvalue weighted by molar-refractivity contribution is -0.207. The Balaban J connectivity index is 1.59. The molecule has 4 N–H and O–H groups in total. The van der Waals surface area contributed by atoms with E-state index in [1.807, 2.05) is 11.8 Å². The lowest BCUT2D eigenvalue weighted by Gasteiger charge is -2.56. The number of aliphatic hydroxyl groups is 1. The van der Waals surface area contributed by atoms with Crippen molar-refractivity contribution in [1.29, 1.82) is 0 Å². The number of aliphatic hydroxyl groups excluding tert-OH is 1. The molecule has 1 saturated carbocycles. The van der Waals surface area contributed by atoms with Crippen LogP contribution in [-0.2, 0) is 4.74 Å². The summed E-state index contributed by atoms with van der Waals surface area (Å²) in [5, 5.41) is 13.3. The van der Waals surface area contributed by atoms with Gasteiger partial charge in [-0.15, -0.1) is 0 Å². The highest BCUT2D eigenvalue weighted by atomic mass is 16.5. The van der Waals surface area contributed by atoms with Gasteiger partial charge in [-0.2, -0.15) is 0 Å². The fraction of sp³-hybridized carbons (Fsp3) is 0.706. The number of carbonyl (C=O) groups is 1. The van der Waals surface area contributed by atoms with Gasteiger partial charge in [0.15, 0.2) is 0 Å². The molecule has 2 heterocycles. The third-order valence-electron chi connectivity index (χ3n) is 5.39. The van der Waals surface area contributed by atoms with E-state index in [4.69, 9.17) is 10.5 Å². The highest BCUT2D eigenvalue weighted by Crippen LogP contribution is 2.51. The van der Waals surface area contributed by atoms with Gasteiger partial charge in [-0.25, -0.2) is 9.97 Å². The van der Waals surface area contributed by atoms with Crippen LogP contribution < -0.4 is 11.1 Å². The molecule has 2 atom stereocenters. The number of hydrogen-bond acceptors (Lipinski definition) is 7. The van der Waals surface area contributed by atoms with E-state index >= 15 is 0 Å². The predicted octanol–water partition coefficient (Wildman–Crippen LogP) is 0.239. The molecule has 1 aromatic rings. The number of piperidine rings is 1. The largest absolute Gasteiger partial charge is 0.392 e. The van der Waals surface area contributed by atoms with E-state index in [9.17, 15) is 9.90 Å². The molecular weight excluding hydrogens is 322 g/mol. The van der Waals surface area contributed by atoms with Gasteiger partial charge in [-0.05, 0) is 19.8 Å². The molecule has 0 bridgehead atoms. The van der Waals surface area contributed by atoms with Crippen molar-refractivity contribution in [2.75, 3.05) is 38.1 Å². The minimum atomic E-state index is -0.352. The summed E-state index contributed by atoms with van der Waals surface area (Å²) < 4.78 is 5.79. The summed E-state index contributed by atoms with van der Waals surface area (Å²) in [5.41, 5.74) is 5.77. The molecule has 3 rings (SSSR count). The zero-order chi connectivity index (χ0) is 17.9.